The van der Waals surface area contributed by atoms with Crippen molar-refractivity contribution in [2.45, 2.75) is 62.4 Å². The minimum absolute atomic E-state index is 0.361. The van der Waals surface area contributed by atoms with Crippen LogP contribution in [0.3, 0.4) is 0 Å². The van der Waals surface area contributed by atoms with E-state index >= 15 is 0 Å². The maximum atomic E-state index is 10.6. The number of fused-ring (bicyclic) bond motifs is 4. The lowest BCUT2D eigenvalue weighted by Gasteiger charge is -2.37. The SMILES string of the molecule is C=Cc1ccc2c(c1)C1(CC2)Cc2nc(SC)nc(N3CCCn4nc(C(O)N(C)C)c(Cl)c4C3)c2CO1. The number of thioether (sulfide) groups is 1. The number of nitrogens with zero attached hydrogens (tertiary/aromatic N) is 6. The first-order chi connectivity index (χ1) is 18.3. The fraction of sp³-hybridized carbons (Fsp3) is 0.464. The Morgan fingerprint density at radius 2 is 2.13 bits per heavy atom. The quantitative estimate of drug-likeness (QED) is 0.280. The molecule has 1 aromatic carbocycles. The predicted molar refractivity (Wildman–Crippen MR) is 150 cm³/mol. The first-order valence-electron chi connectivity index (χ1n) is 13.0. The first kappa shape index (κ1) is 25.8. The van der Waals surface area contributed by atoms with Crippen molar-refractivity contribution < 1.29 is 9.84 Å². The predicted octanol–water partition coefficient (Wildman–Crippen LogP) is 4.57. The normalized spacial score (nSPS) is 21.3. The van der Waals surface area contributed by atoms with Crippen molar-refractivity contribution >= 4 is 35.3 Å². The number of aryl methyl sites for hydroxylation is 2. The van der Waals surface area contributed by atoms with Crippen molar-refractivity contribution in [1.29, 1.82) is 0 Å². The van der Waals surface area contributed by atoms with Crippen LogP contribution in [-0.4, -0.2) is 56.7 Å². The van der Waals surface area contributed by atoms with E-state index in [1.54, 1.807) is 16.7 Å². The molecule has 200 valence electrons. The Balaban J connectivity index is 1.37. The molecule has 3 aliphatic rings. The van der Waals surface area contributed by atoms with Gasteiger partial charge in [0.1, 0.15) is 11.5 Å². The molecule has 8 nitrogen and oxygen atoms in total. The Morgan fingerprint density at radius 3 is 2.89 bits per heavy atom. The third kappa shape index (κ3) is 4.25. The van der Waals surface area contributed by atoms with Crippen LogP contribution in [0.1, 0.15) is 58.4 Å². The monoisotopic (exact) mass is 552 g/mol. The number of aliphatic hydroxyl groups excluding tert-OH is 1. The fourth-order valence-electron chi connectivity index (χ4n) is 5.93. The van der Waals surface area contributed by atoms with Crippen molar-refractivity contribution in [3.05, 3.63) is 69.1 Å². The second-order valence-electron chi connectivity index (χ2n) is 10.5. The number of hydrogen-bond acceptors (Lipinski definition) is 8. The fourth-order valence-corrected chi connectivity index (χ4v) is 6.61. The molecule has 2 unspecified atom stereocenters. The number of anilines is 1. The molecule has 0 bridgehead atoms. The van der Waals surface area contributed by atoms with E-state index in [4.69, 9.17) is 26.3 Å². The van der Waals surface area contributed by atoms with Gasteiger partial charge in [0.15, 0.2) is 11.4 Å². The summed E-state index contributed by atoms with van der Waals surface area (Å²) in [6.07, 6.45) is 6.63. The van der Waals surface area contributed by atoms with Gasteiger partial charge in [-0.2, -0.15) is 5.10 Å². The number of rotatable bonds is 5. The van der Waals surface area contributed by atoms with Crippen LogP contribution in [0.25, 0.3) is 6.08 Å². The van der Waals surface area contributed by atoms with Gasteiger partial charge in [0.05, 0.1) is 35.2 Å². The maximum absolute atomic E-state index is 10.6. The summed E-state index contributed by atoms with van der Waals surface area (Å²) >= 11 is 8.36. The summed E-state index contributed by atoms with van der Waals surface area (Å²) in [4.78, 5) is 14.0. The summed E-state index contributed by atoms with van der Waals surface area (Å²) in [6.45, 7) is 6.53. The standard InChI is InChI=1S/C28H33ClN6O2S/c1-5-17-7-8-18-9-10-28(20(18)13-17)14-21-19(16-37-28)25(31-27(30-21)38-4)34-11-6-12-35-22(15-34)23(29)24(32-35)26(36)33(2)3/h5,7-8,13,26,36H,1,6,9-12,14-16H2,2-4H3. The molecule has 6 rings (SSSR count). The van der Waals surface area contributed by atoms with E-state index in [9.17, 15) is 5.11 Å². The van der Waals surface area contributed by atoms with Crippen molar-refractivity contribution in [3.63, 3.8) is 0 Å². The highest BCUT2D eigenvalue weighted by Gasteiger charge is 2.44. The van der Waals surface area contributed by atoms with Gasteiger partial charge in [-0.1, -0.05) is 48.2 Å². The van der Waals surface area contributed by atoms with E-state index in [0.717, 1.165) is 72.3 Å². The second kappa shape index (κ2) is 9.95. The lowest BCUT2D eigenvalue weighted by atomic mass is 9.86. The second-order valence-corrected chi connectivity index (χ2v) is 11.7. The van der Waals surface area contributed by atoms with Crippen LogP contribution in [0.5, 0.6) is 0 Å². The molecule has 2 atom stereocenters. The topological polar surface area (TPSA) is 79.5 Å². The van der Waals surface area contributed by atoms with Gasteiger partial charge in [-0.15, -0.1) is 0 Å². The minimum Gasteiger partial charge on any atom is -0.372 e. The van der Waals surface area contributed by atoms with Gasteiger partial charge in [0, 0.05) is 25.1 Å². The summed E-state index contributed by atoms with van der Waals surface area (Å²) in [6, 6.07) is 6.58. The number of aliphatic hydroxyl groups is 1. The molecule has 0 fully saturated rings. The largest absolute Gasteiger partial charge is 0.372 e. The molecule has 0 amide bonds. The molecule has 2 aliphatic heterocycles. The Bertz CT molecular complexity index is 1410. The average Bonchev–Trinajstić information content (AvgIpc) is 3.33. The van der Waals surface area contributed by atoms with Gasteiger partial charge in [-0.05, 0) is 62.4 Å². The maximum Gasteiger partial charge on any atom is 0.189 e. The Labute approximate surface area is 232 Å². The minimum atomic E-state index is -0.856. The smallest absolute Gasteiger partial charge is 0.189 e. The van der Waals surface area contributed by atoms with Gasteiger partial charge in [0.2, 0.25) is 0 Å². The van der Waals surface area contributed by atoms with Crippen LogP contribution in [0.15, 0.2) is 29.9 Å². The molecule has 38 heavy (non-hydrogen) atoms. The molecule has 1 N–H and O–H groups in total. The number of benzene rings is 1. The van der Waals surface area contributed by atoms with Crippen LogP contribution < -0.4 is 4.90 Å². The molecule has 1 spiro atoms. The number of hydrogen-bond donors (Lipinski definition) is 1. The van der Waals surface area contributed by atoms with E-state index in [0.29, 0.717) is 23.9 Å². The highest BCUT2D eigenvalue weighted by Crippen LogP contribution is 2.47. The van der Waals surface area contributed by atoms with E-state index in [-0.39, 0.29) is 5.60 Å². The Morgan fingerprint density at radius 1 is 1.29 bits per heavy atom. The van der Waals surface area contributed by atoms with Crippen molar-refractivity contribution in [1.82, 2.24) is 24.6 Å². The van der Waals surface area contributed by atoms with Crippen molar-refractivity contribution in [2.75, 3.05) is 31.8 Å². The van der Waals surface area contributed by atoms with Gasteiger partial charge < -0.3 is 14.7 Å². The van der Waals surface area contributed by atoms with Gasteiger partial charge in [0.25, 0.3) is 0 Å². The molecule has 10 heteroatoms. The summed E-state index contributed by atoms with van der Waals surface area (Å²) in [5.74, 6) is 0.910. The summed E-state index contributed by atoms with van der Waals surface area (Å²) in [7, 11) is 3.62. The van der Waals surface area contributed by atoms with Crippen molar-refractivity contribution in [2.24, 2.45) is 0 Å². The molecule has 0 saturated heterocycles. The molecular formula is C28H33ClN6O2S. The molecule has 2 aromatic heterocycles. The summed E-state index contributed by atoms with van der Waals surface area (Å²) in [5.41, 5.74) is 6.88. The van der Waals surface area contributed by atoms with Gasteiger partial charge in [-0.25, -0.2) is 9.97 Å². The van der Waals surface area contributed by atoms with Crippen LogP contribution in [0.2, 0.25) is 5.02 Å². The average molecular weight is 553 g/mol. The van der Waals surface area contributed by atoms with Crippen molar-refractivity contribution in [3.8, 4) is 0 Å². The molecule has 0 radical (unpaired) electrons. The zero-order valence-electron chi connectivity index (χ0n) is 22.1. The van der Waals surface area contributed by atoms with E-state index in [1.165, 1.54) is 11.1 Å². The molecule has 1 aliphatic carbocycles. The number of halogens is 1. The lowest BCUT2D eigenvalue weighted by molar-refractivity contribution is -0.0730. The third-order valence-corrected chi connectivity index (χ3v) is 8.99. The molecular weight excluding hydrogens is 520 g/mol. The van der Waals surface area contributed by atoms with Crippen LogP contribution in [0, 0.1) is 0 Å². The summed E-state index contributed by atoms with van der Waals surface area (Å²) in [5, 5.41) is 16.6. The molecule has 4 heterocycles. The van der Waals surface area contributed by atoms with Crippen LogP contribution in [0.4, 0.5) is 5.82 Å². The zero-order valence-corrected chi connectivity index (χ0v) is 23.6. The van der Waals surface area contributed by atoms with E-state index in [2.05, 4.69) is 34.8 Å². The van der Waals surface area contributed by atoms with Gasteiger partial charge in [-0.3, -0.25) is 9.58 Å². The highest BCUT2D eigenvalue weighted by atomic mass is 35.5. The first-order valence-corrected chi connectivity index (χ1v) is 14.6. The molecule has 3 aromatic rings. The number of aromatic nitrogens is 4. The highest BCUT2D eigenvalue weighted by molar-refractivity contribution is 7.98. The van der Waals surface area contributed by atoms with Gasteiger partial charge >= 0.3 is 0 Å². The van der Waals surface area contributed by atoms with E-state index < -0.39 is 6.23 Å². The van der Waals surface area contributed by atoms with Crippen LogP contribution >= 0.6 is 23.4 Å². The lowest BCUT2D eigenvalue weighted by Crippen LogP contribution is -2.36. The third-order valence-electron chi connectivity index (χ3n) is 8.03. The zero-order chi connectivity index (χ0) is 26.6. The molecule has 0 saturated carbocycles. The summed E-state index contributed by atoms with van der Waals surface area (Å²) < 4.78 is 8.68. The number of ether oxygens (including phenoxy) is 1. The Hall–Kier alpha value is -2.43. The Kier molecular flexibility index (Phi) is 6.76. The van der Waals surface area contributed by atoms with E-state index in [1.807, 2.05) is 31.1 Å². The van der Waals surface area contributed by atoms with Crippen LogP contribution in [-0.2, 0) is 42.9 Å².